The zero-order valence-corrected chi connectivity index (χ0v) is 18.9. The van der Waals surface area contributed by atoms with Crippen molar-refractivity contribution < 1.29 is 4.74 Å². The summed E-state index contributed by atoms with van der Waals surface area (Å²) in [5, 5.41) is 27.7. The Kier molecular flexibility index (Phi) is 5.24. The van der Waals surface area contributed by atoms with Crippen molar-refractivity contribution in [2.75, 3.05) is 38.2 Å². The van der Waals surface area contributed by atoms with Gasteiger partial charge in [-0.05, 0) is 55.2 Å². The molecule has 0 unspecified atom stereocenters. The molecule has 1 saturated carbocycles. The molecule has 33 heavy (non-hydrogen) atoms. The number of benzene rings is 1. The first-order chi connectivity index (χ1) is 16.1. The molecule has 0 bridgehead atoms. The van der Waals surface area contributed by atoms with Crippen molar-refractivity contribution in [2.45, 2.75) is 25.3 Å². The summed E-state index contributed by atoms with van der Waals surface area (Å²) in [5.74, 6) is 2.78. The molecule has 3 aromatic rings. The van der Waals surface area contributed by atoms with Gasteiger partial charge in [-0.2, -0.15) is 10.4 Å². The average Bonchev–Trinajstić information content (AvgIpc) is 3.58. The number of aromatic nitrogens is 4. The average molecular weight is 444 g/mol. The number of nitrogens with zero attached hydrogens (tertiary/aromatic N) is 6. The Hall–Kier alpha value is -3.02. The molecule has 0 spiro atoms. The number of aryl methyl sites for hydroxylation is 1. The second-order valence-electron chi connectivity index (χ2n) is 9.96. The molecule has 2 aliphatic heterocycles. The fourth-order valence-corrected chi connectivity index (χ4v) is 5.98. The molecule has 1 aliphatic carbocycles. The van der Waals surface area contributed by atoms with Gasteiger partial charge in [0.1, 0.15) is 6.07 Å². The fraction of sp³-hybridized carbons (Fsp3) is 0.520. The van der Waals surface area contributed by atoms with E-state index in [0.717, 1.165) is 54.4 Å². The van der Waals surface area contributed by atoms with Crippen LogP contribution in [0.5, 0.6) is 0 Å². The maximum absolute atomic E-state index is 9.78. The van der Waals surface area contributed by atoms with E-state index in [1.54, 1.807) is 4.68 Å². The van der Waals surface area contributed by atoms with Crippen molar-refractivity contribution in [3.63, 3.8) is 0 Å². The maximum atomic E-state index is 9.78. The summed E-state index contributed by atoms with van der Waals surface area (Å²) < 4.78 is 7.34. The molecule has 8 nitrogen and oxygen atoms in total. The molecule has 1 aromatic carbocycles. The molecule has 3 aliphatic rings. The molecule has 4 heterocycles. The Labute approximate surface area is 193 Å². The number of hydrogen-bond donors (Lipinski definition) is 1. The van der Waals surface area contributed by atoms with Crippen LogP contribution in [0.15, 0.2) is 30.5 Å². The molecule has 4 atom stereocenters. The van der Waals surface area contributed by atoms with Crippen molar-refractivity contribution in [1.82, 2.24) is 24.9 Å². The quantitative estimate of drug-likeness (QED) is 0.648. The minimum atomic E-state index is 0.357. The first-order valence-electron chi connectivity index (χ1n) is 11.9. The normalized spacial score (nSPS) is 27.2. The van der Waals surface area contributed by atoms with Crippen LogP contribution in [0.2, 0.25) is 0 Å². The highest BCUT2D eigenvalue weighted by molar-refractivity contribution is 5.83. The van der Waals surface area contributed by atoms with E-state index in [1.165, 1.54) is 26.1 Å². The van der Waals surface area contributed by atoms with Crippen LogP contribution in [-0.2, 0) is 11.8 Å². The Morgan fingerprint density at radius 2 is 2.03 bits per heavy atom. The van der Waals surface area contributed by atoms with E-state index in [-0.39, 0.29) is 0 Å². The van der Waals surface area contributed by atoms with Crippen molar-refractivity contribution in [3.05, 3.63) is 36.0 Å². The molecule has 0 radical (unpaired) electrons. The summed E-state index contributed by atoms with van der Waals surface area (Å²) in [5.41, 5.74) is 3.13. The topological polar surface area (TPSA) is 91.9 Å². The smallest absolute Gasteiger partial charge is 0.166 e. The fourth-order valence-electron chi connectivity index (χ4n) is 5.98. The van der Waals surface area contributed by atoms with Crippen LogP contribution in [0.1, 0.15) is 24.8 Å². The van der Waals surface area contributed by atoms with Gasteiger partial charge in [0.05, 0.1) is 23.4 Å². The number of fused-ring (bicyclic) bond motifs is 2. The van der Waals surface area contributed by atoms with Crippen molar-refractivity contribution in [3.8, 4) is 17.3 Å². The van der Waals surface area contributed by atoms with Gasteiger partial charge in [-0.25, -0.2) is 0 Å². The van der Waals surface area contributed by atoms with Gasteiger partial charge >= 0.3 is 0 Å². The molecule has 6 rings (SSSR count). The number of rotatable bonds is 5. The first-order valence-corrected chi connectivity index (χ1v) is 11.9. The van der Waals surface area contributed by atoms with E-state index in [9.17, 15) is 5.26 Å². The highest BCUT2D eigenvalue weighted by Crippen LogP contribution is 2.40. The first kappa shape index (κ1) is 20.6. The molecule has 170 valence electrons. The van der Waals surface area contributed by atoms with E-state index in [0.29, 0.717) is 29.0 Å². The highest BCUT2D eigenvalue weighted by Gasteiger charge is 2.41. The van der Waals surface area contributed by atoms with Gasteiger partial charge in [0.15, 0.2) is 5.82 Å². The third kappa shape index (κ3) is 4.07. The third-order valence-electron chi connectivity index (χ3n) is 7.54. The molecule has 8 heteroatoms. The summed E-state index contributed by atoms with van der Waals surface area (Å²) in [6.45, 7) is 5.41. The lowest BCUT2D eigenvalue weighted by atomic mass is 10.0. The second-order valence-corrected chi connectivity index (χ2v) is 9.96. The van der Waals surface area contributed by atoms with Gasteiger partial charge in [-0.3, -0.25) is 4.68 Å². The zero-order valence-electron chi connectivity index (χ0n) is 18.9. The zero-order chi connectivity index (χ0) is 22.4. The Morgan fingerprint density at radius 1 is 1.18 bits per heavy atom. The molecule has 1 N–H and O–H groups in total. The molecular weight excluding hydrogens is 414 g/mol. The lowest BCUT2D eigenvalue weighted by Crippen LogP contribution is -2.30. The Morgan fingerprint density at radius 3 is 2.79 bits per heavy atom. The monoisotopic (exact) mass is 443 g/mol. The largest absolute Gasteiger partial charge is 0.381 e. The van der Waals surface area contributed by atoms with Crippen molar-refractivity contribution in [2.24, 2.45) is 24.8 Å². The second kappa shape index (κ2) is 8.40. The van der Waals surface area contributed by atoms with Crippen LogP contribution in [0.25, 0.3) is 22.2 Å². The third-order valence-corrected chi connectivity index (χ3v) is 7.54. The minimum Gasteiger partial charge on any atom is -0.381 e. The Bertz CT molecular complexity index is 1200. The molecular formula is C25H29N7O. The van der Waals surface area contributed by atoms with E-state index in [1.807, 2.05) is 37.5 Å². The van der Waals surface area contributed by atoms with Crippen LogP contribution in [-0.4, -0.2) is 63.8 Å². The van der Waals surface area contributed by atoms with Crippen LogP contribution in [0.3, 0.4) is 0 Å². The summed E-state index contributed by atoms with van der Waals surface area (Å²) in [6.07, 6.45) is 5.45. The molecule has 0 amide bonds. The molecule has 2 aromatic heterocycles. The van der Waals surface area contributed by atoms with E-state index >= 15 is 0 Å². The van der Waals surface area contributed by atoms with Crippen LogP contribution >= 0.6 is 0 Å². The lowest BCUT2D eigenvalue weighted by molar-refractivity contribution is 0.171. The predicted molar refractivity (Wildman–Crippen MR) is 125 cm³/mol. The molecule has 3 fully saturated rings. The predicted octanol–water partition coefficient (Wildman–Crippen LogP) is 3.06. The summed E-state index contributed by atoms with van der Waals surface area (Å²) >= 11 is 0. The van der Waals surface area contributed by atoms with Crippen molar-refractivity contribution in [1.29, 1.82) is 5.26 Å². The van der Waals surface area contributed by atoms with E-state index < -0.39 is 0 Å². The summed E-state index contributed by atoms with van der Waals surface area (Å²) in [7, 11) is 1.91. The SMILES string of the molecule is Cn1cc2cc(-c3cc(C#N)c(N[C@H]4C[C@@H]5CN(C[C@H]6CCOC6)C[C@@H]5C4)nn3)ccc2n1. The van der Waals surface area contributed by atoms with E-state index in [2.05, 4.69) is 31.6 Å². The van der Waals surface area contributed by atoms with Crippen molar-refractivity contribution >= 4 is 16.7 Å². The van der Waals surface area contributed by atoms with Gasteiger partial charge in [-0.15, -0.1) is 10.2 Å². The minimum absolute atomic E-state index is 0.357. The van der Waals surface area contributed by atoms with Gasteiger partial charge in [0.25, 0.3) is 0 Å². The molecule has 2 saturated heterocycles. The number of nitriles is 1. The van der Waals surface area contributed by atoms with E-state index in [4.69, 9.17) is 4.74 Å². The van der Waals surface area contributed by atoms with Gasteiger partial charge in [-0.1, -0.05) is 6.07 Å². The number of hydrogen-bond acceptors (Lipinski definition) is 7. The number of ether oxygens (including phenoxy) is 1. The summed E-state index contributed by atoms with van der Waals surface area (Å²) in [6, 6.07) is 10.5. The lowest BCUT2D eigenvalue weighted by Gasteiger charge is -2.22. The van der Waals surface area contributed by atoms with Gasteiger partial charge < -0.3 is 15.0 Å². The number of likely N-dealkylation sites (tertiary alicyclic amines) is 1. The summed E-state index contributed by atoms with van der Waals surface area (Å²) in [4.78, 5) is 2.64. The maximum Gasteiger partial charge on any atom is 0.166 e. The van der Waals surface area contributed by atoms with Crippen LogP contribution in [0, 0.1) is 29.1 Å². The van der Waals surface area contributed by atoms with Gasteiger partial charge in [0, 0.05) is 56.5 Å². The number of anilines is 1. The Balaban J connectivity index is 1.12. The standard InChI is InChI=1S/C25H29N7O/c1-31-12-21-6-17(2-3-23(21)30-31)24-9-18(10-26)25(29-28-24)27-22-7-19-13-32(14-20(19)8-22)11-16-4-5-33-15-16/h2-3,6,9,12,16,19-20,22H,4-5,7-8,11,13-15H2,1H3,(H,27,29)/t16-,19-,20+,22+/m1/s1. The van der Waals surface area contributed by atoms with Crippen LogP contribution < -0.4 is 5.32 Å². The van der Waals surface area contributed by atoms with Gasteiger partial charge in [0.2, 0.25) is 0 Å². The number of nitrogens with one attached hydrogen (secondary N) is 1. The highest BCUT2D eigenvalue weighted by atomic mass is 16.5. The van der Waals surface area contributed by atoms with Crippen LogP contribution in [0.4, 0.5) is 5.82 Å².